The molecular weight excluding hydrogens is 392 g/mol. The van der Waals surface area contributed by atoms with Crippen LogP contribution < -0.4 is 26.5 Å². The van der Waals surface area contributed by atoms with Crippen molar-refractivity contribution in [2.75, 3.05) is 46.8 Å². The van der Waals surface area contributed by atoms with Crippen molar-refractivity contribution >= 4 is 11.6 Å². The van der Waals surface area contributed by atoms with Crippen molar-refractivity contribution in [3.8, 4) is 11.5 Å². The normalized spacial score (nSPS) is 11.0. The lowest BCUT2D eigenvalue weighted by Gasteiger charge is -2.21. The third-order valence-electron chi connectivity index (χ3n) is 4.71. The Morgan fingerprint density at radius 1 is 1.17 bits per heavy atom. The summed E-state index contributed by atoms with van der Waals surface area (Å²) < 4.78 is 16.6. The Kier molecular flexibility index (Phi) is 8.19. The van der Waals surface area contributed by atoms with Crippen LogP contribution in [0.1, 0.15) is 22.8 Å². The summed E-state index contributed by atoms with van der Waals surface area (Å²) >= 11 is 0. The Morgan fingerprint density at radius 2 is 1.87 bits per heavy atom. The smallest absolute Gasteiger partial charge is 0.330 e. The average Bonchev–Trinajstić information content (AvgIpc) is 2.72. The Balaban J connectivity index is 2.25. The van der Waals surface area contributed by atoms with Crippen LogP contribution in [-0.2, 0) is 17.8 Å². The second kappa shape index (κ2) is 10.6. The van der Waals surface area contributed by atoms with Gasteiger partial charge in [-0.25, -0.2) is 4.79 Å². The van der Waals surface area contributed by atoms with Crippen molar-refractivity contribution in [1.82, 2.24) is 14.5 Å². The number of ketones is 1. The number of carbonyl (C=O) groups excluding carboxylic acids is 1. The fraction of sp³-hybridized carbons (Fsp3) is 0.450. The minimum absolute atomic E-state index is 0.0411. The third-order valence-corrected chi connectivity index (χ3v) is 4.71. The predicted octanol–water partition coefficient (Wildman–Crippen LogP) is 0.487. The lowest BCUT2D eigenvalue weighted by Crippen LogP contribution is -2.39. The van der Waals surface area contributed by atoms with E-state index in [0.29, 0.717) is 24.6 Å². The molecule has 0 fully saturated rings. The van der Waals surface area contributed by atoms with Crippen molar-refractivity contribution in [3.05, 3.63) is 50.2 Å². The quantitative estimate of drug-likeness (QED) is 0.503. The molecule has 0 unspecified atom stereocenters. The van der Waals surface area contributed by atoms with E-state index in [1.807, 2.05) is 24.0 Å². The van der Waals surface area contributed by atoms with Gasteiger partial charge in [0, 0.05) is 13.7 Å². The molecule has 2 rings (SSSR count). The highest BCUT2D eigenvalue weighted by Crippen LogP contribution is 2.28. The molecule has 0 atom stereocenters. The van der Waals surface area contributed by atoms with Crippen molar-refractivity contribution < 1.29 is 19.0 Å². The van der Waals surface area contributed by atoms with Crippen LogP contribution in [0.15, 0.2) is 27.8 Å². The number of aromatic nitrogens is 2. The molecule has 0 amide bonds. The molecule has 0 aliphatic heterocycles. The standard InChI is InChI=1S/C20H28N4O6/c1-5-23(11-13-6-7-15(29-3)16(10-13)30-4)12-14(25)17-18(21)24(8-9-28-2)20(27)22-19(17)26/h6-7,10H,5,8-9,11-12,21H2,1-4H3,(H,22,26,27). The Hall–Kier alpha value is -3.11. The van der Waals surface area contributed by atoms with Gasteiger partial charge in [-0.2, -0.15) is 0 Å². The molecule has 30 heavy (non-hydrogen) atoms. The Morgan fingerprint density at radius 3 is 2.47 bits per heavy atom. The lowest BCUT2D eigenvalue weighted by atomic mass is 10.1. The number of benzene rings is 1. The van der Waals surface area contributed by atoms with Gasteiger partial charge in [-0.3, -0.25) is 24.0 Å². The maximum Gasteiger partial charge on any atom is 0.330 e. The molecule has 0 bridgehead atoms. The highest BCUT2D eigenvalue weighted by atomic mass is 16.5. The largest absolute Gasteiger partial charge is 0.493 e. The summed E-state index contributed by atoms with van der Waals surface area (Å²) in [6.45, 7) is 3.21. The van der Waals surface area contributed by atoms with Crippen LogP contribution in [0.2, 0.25) is 0 Å². The molecule has 0 spiro atoms. The topological polar surface area (TPSA) is 129 Å². The molecule has 0 saturated carbocycles. The number of nitrogen functional groups attached to an aromatic ring is 1. The first-order chi connectivity index (χ1) is 14.4. The van der Waals surface area contributed by atoms with Gasteiger partial charge in [0.2, 0.25) is 0 Å². The monoisotopic (exact) mass is 420 g/mol. The third kappa shape index (κ3) is 5.28. The van der Waals surface area contributed by atoms with E-state index in [0.717, 1.165) is 10.1 Å². The van der Waals surface area contributed by atoms with E-state index in [2.05, 4.69) is 4.98 Å². The predicted molar refractivity (Wildman–Crippen MR) is 112 cm³/mol. The van der Waals surface area contributed by atoms with Crippen LogP contribution in [0, 0.1) is 0 Å². The van der Waals surface area contributed by atoms with E-state index < -0.39 is 17.0 Å². The minimum atomic E-state index is -0.793. The summed E-state index contributed by atoms with van der Waals surface area (Å²) in [5, 5.41) is 0. The zero-order chi connectivity index (χ0) is 22.3. The Bertz CT molecular complexity index is 998. The van der Waals surface area contributed by atoms with Gasteiger partial charge in [-0.15, -0.1) is 0 Å². The van der Waals surface area contributed by atoms with E-state index >= 15 is 0 Å². The molecule has 0 aliphatic rings. The summed E-state index contributed by atoms with van der Waals surface area (Å²) in [4.78, 5) is 41.1. The number of anilines is 1. The zero-order valence-electron chi connectivity index (χ0n) is 17.7. The number of aromatic amines is 1. The first kappa shape index (κ1) is 23.2. The van der Waals surface area contributed by atoms with E-state index in [9.17, 15) is 14.4 Å². The van der Waals surface area contributed by atoms with Gasteiger partial charge >= 0.3 is 5.69 Å². The molecule has 164 valence electrons. The van der Waals surface area contributed by atoms with E-state index in [4.69, 9.17) is 19.9 Å². The Labute approximate surface area is 174 Å². The SMILES string of the molecule is CCN(CC(=O)c1c(N)n(CCOC)c(=O)[nH]c1=O)Cc1ccc(OC)c(OC)c1. The summed E-state index contributed by atoms with van der Waals surface area (Å²) in [5.41, 5.74) is 5.20. The first-order valence-corrected chi connectivity index (χ1v) is 9.44. The van der Waals surface area contributed by atoms with E-state index in [-0.39, 0.29) is 31.1 Å². The number of nitrogens with one attached hydrogen (secondary N) is 1. The number of rotatable bonds is 11. The number of likely N-dealkylation sites (N-methyl/N-ethyl adjacent to an activating group) is 1. The molecule has 10 heteroatoms. The summed E-state index contributed by atoms with van der Waals surface area (Å²) in [6.07, 6.45) is 0. The molecule has 10 nitrogen and oxygen atoms in total. The highest BCUT2D eigenvalue weighted by molar-refractivity contribution is 6.01. The lowest BCUT2D eigenvalue weighted by molar-refractivity contribution is 0.0927. The molecule has 0 radical (unpaired) electrons. The molecule has 1 aromatic carbocycles. The molecule has 1 aromatic heterocycles. The minimum Gasteiger partial charge on any atom is -0.493 e. The van der Waals surface area contributed by atoms with E-state index in [1.165, 1.54) is 7.11 Å². The van der Waals surface area contributed by atoms with Gasteiger partial charge in [0.15, 0.2) is 17.3 Å². The fourth-order valence-corrected chi connectivity index (χ4v) is 3.06. The summed E-state index contributed by atoms with van der Waals surface area (Å²) in [7, 11) is 4.59. The van der Waals surface area contributed by atoms with Crippen LogP contribution in [0.25, 0.3) is 0 Å². The molecule has 0 saturated heterocycles. The summed E-state index contributed by atoms with van der Waals surface area (Å²) in [6, 6.07) is 5.50. The average molecular weight is 420 g/mol. The number of hydrogen-bond donors (Lipinski definition) is 2. The second-order valence-electron chi connectivity index (χ2n) is 6.58. The van der Waals surface area contributed by atoms with Gasteiger partial charge in [-0.05, 0) is 24.2 Å². The van der Waals surface area contributed by atoms with Crippen molar-refractivity contribution in [1.29, 1.82) is 0 Å². The van der Waals surface area contributed by atoms with Crippen molar-refractivity contribution in [3.63, 3.8) is 0 Å². The van der Waals surface area contributed by atoms with Crippen molar-refractivity contribution in [2.24, 2.45) is 0 Å². The number of Topliss-reactive ketones (excluding diaryl/α,β-unsaturated/α-hetero) is 1. The first-order valence-electron chi connectivity index (χ1n) is 9.44. The molecule has 0 aliphatic carbocycles. The van der Waals surface area contributed by atoms with Crippen LogP contribution in [0.5, 0.6) is 11.5 Å². The van der Waals surface area contributed by atoms with Crippen LogP contribution in [0.3, 0.4) is 0 Å². The zero-order valence-corrected chi connectivity index (χ0v) is 17.7. The number of ether oxygens (including phenoxy) is 3. The molecule has 2 aromatic rings. The van der Waals surface area contributed by atoms with E-state index in [1.54, 1.807) is 20.3 Å². The number of H-pyrrole nitrogens is 1. The fourth-order valence-electron chi connectivity index (χ4n) is 3.06. The number of hydrogen-bond acceptors (Lipinski definition) is 8. The second-order valence-corrected chi connectivity index (χ2v) is 6.58. The molecule has 3 N–H and O–H groups in total. The molecule has 1 heterocycles. The van der Waals surface area contributed by atoms with Gasteiger partial charge in [0.05, 0.1) is 33.9 Å². The van der Waals surface area contributed by atoms with Gasteiger partial charge in [-0.1, -0.05) is 13.0 Å². The summed E-state index contributed by atoms with van der Waals surface area (Å²) in [5.74, 6) is 0.566. The van der Waals surface area contributed by atoms with Gasteiger partial charge in [0.25, 0.3) is 5.56 Å². The maximum absolute atomic E-state index is 12.9. The number of carbonyl (C=O) groups is 1. The number of nitrogens with zero attached hydrogens (tertiary/aromatic N) is 2. The number of nitrogens with two attached hydrogens (primary N) is 1. The van der Waals surface area contributed by atoms with Crippen molar-refractivity contribution in [2.45, 2.75) is 20.0 Å². The van der Waals surface area contributed by atoms with Crippen LogP contribution in [0.4, 0.5) is 5.82 Å². The van der Waals surface area contributed by atoms with Gasteiger partial charge < -0.3 is 19.9 Å². The van der Waals surface area contributed by atoms with Gasteiger partial charge in [0.1, 0.15) is 11.4 Å². The van der Waals surface area contributed by atoms with Crippen LogP contribution >= 0.6 is 0 Å². The maximum atomic E-state index is 12.9. The molecular formula is C20H28N4O6. The highest BCUT2D eigenvalue weighted by Gasteiger charge is 2.21. The number of methoxy groups -OCH3 is 3. The van der Waals surface area contributed by atoms with Crippen LogP contribution in [-0.4, -0.2) is 61.3 Å².